The summed E-state index contributed by atoms with van der Waals surface area (Å²) in [7, 11) is 0. The molecule has 37 heavy (non-hydrogen) atoms. The maximum atomic E-state index is 11.3. The summed E-state index contributed by atoms with van der Waals surface area (Å²) in [6, 6.07) is 42.5. The van der Waals surface area contributed by atoms with Crippen molar-refractivity contribution in [3.05, 3.63) is 144 Å². The minimum atomic E-state index is -1.68. The highest BCUT2D eigenvalue weighted by Crippen LogP contribution is 2.44. The van der Waals surface area contributed by atoms with Crippen LogP contribution in [0.15, 0.2) is 121 Å². The molecule has 6 rings (SSSR count). The molecule has 0 aromatic heterocycles. The van der Waals surface area contributed by atoms with E-state index in [9.17, 15) is 10.2 Å². The molecular formula is C33H34N2O2. The zero-order valence-electron chi connectivity index (χ0n) is 21.0. The number of piperidine rings is 2. The van der Waals surface area contributed by atoms with E-state index in [0.717, 1.165) is 0 Å². The van der Waals surface area contributed by atoms with Crippen molar-refractivity contribution in [3.63, 3.8) is 0 Å². The summed E-state index contributed by atoms with van der Waals surface area (Å²) in [5, 5.41) is 22.7. The topological polar surface area (TPSA) is 46.9 Å². The highest BCUT2D eigenvalue weighted by molar-refractivity contribution is 5.34. The lowest BCUT2D eigenvalue weighted by Gasteiger charge is -2.56. The van der Waals surface area contributed by atoms with Gasteiger partial charge in [-0.15, -0.1) is 0 Å². The van der Waals surface area contributed by atoms with Gasteiger partial charge >= 0.3 is 0 Å². The van der Waals surface area contributed by atoms with Gasteiger partial charge in [0.15, 0.2) is 5.79 Å². The Bertz CT molecular complexity index is 1090. The summed E-state index contributed by atoms with van der Waals surface area (Å²) in [5.74, 6) is -2.25. The number of nitrogens with zero attached hydrogens (tertiary/aromatic N) is 2. The molecule has 2 aliphatic heterocycles. The van der Waals surface area contributed by atoms with Gasteiger partial charge < -0.3 is 10.2 Å². The number of benzene rings is 4. The molecule has 2 N–H and O–H groups in total. The summed E-state index contributed by atoms with van der Waals surface area (Å²) in [6.45, 7) is 2.46. The lowest BCUT2D eigenvalue weighted by molar-refractivity contribution is -0.286. The van der Waals surface area contributed by atoms with Gasteiger partial charge in [0, 0.05) is 38.0 Å². The third kappa shape index (κ3) is 4.74. The maximum Gasteiger partial charge on any atom is 0.173 e. The predicted octanol–water partition coefficient (Wildman–Crippen LogP) is 5.11. The molecule has 0 radical (unpaired) electrons. The average molecular weight is 491 g/mol. The zero-order chi connectivity index (χ0) is 25.2. The van der Waals surface area contributed by atoms with Gasteiger partial charge in [-0.05, 0) is 22.3 Å². The molecule has 0 saturated carbocycles. The van der Waals surface area contributed by atoms with Gasteiger partial charge in [0.1, 0.15) is 0 Å². The van der Waals surface area contributed by atoms with Crippen LogP contribution >= 0.6 is 0 Å². The van der Waals surface area contributed by atoms with Crippen molar-refractivity contribution in [2.45, 2.75) is 17.9 Å². The van der Waals surface area contributed by atoms with Gasteiger partial charge in [-0.3, -0.25) is 9.80 Å². The molecule has 4 nitrogen and oxygen atoms in total. The van der Waals surface area contributed by atoms with E-state index in [-0.39, 0.29) is 23.9 Å². The van der Waals surface area contributed by atoms with Crippen LogP contribution < -0.4 is 0 Å². The molecule has 0 atom stereocenters. The highest BCUT2D eigenvalue weighted by Gasteiger charge is 2.53. The Balaban J connectivity index is 1.33. The van der Waals surface area contributed by atoms with Gasteiger partial charge in [0.25, 0.3) is 0 Å². The Hall–Kier alpha value is -3.28. The predicted molar refractivity (Wildman–Crippen MR) is 147 cm³/mol. The number of aliphatic hydroxyl groups is 2. The van der Waals surface area contributed by atoms with Crippen LogP contribution in [0.2, 0.25) is 0 Å². The van der Waals surface area contributed by atoms with Crippen molar-refractivity contribution in [3.8, 4) is 0 Å². The number of likely N-dealkylation sites (tertiary alicyclic amines) is 2. The fourth-order valence-corrected chi connectivity index (χ4v) is 6.46. The first kappa shape index (κ1) is 24.1. The van der Waals surface area contributed by atoms with E-state index in [1.165, 1.54) is 22.3 Å². The first-order valence-corrected chi connectivity index (χ1v) is 13.2. The third-order valence-corrected chi connectivity index (χ3v) is 8.21. The van der Waals surface area contributed by atoms with Crippen LogP contribution in [0.1, 0.15) is 34.3 Å². The van der Waals surface area contributed by atoms with Crippen LogP contribution in [-0.4, -0.2) is 52.0 Å². The minimum Gasteiger partial charge on any atom is -0.365 e. The second-order valence-corrected chi connectivity index (χ2v) is 10.5. The van der Waals surface area contributed by atoms with Gasteiger partial charge in [0.2, 0.25) is 0 Å². The van der Waals surface area contributed by atoms with Crippen LogP contribution in [0.25, 0.3) is 0 Å². The first-order chi connectivity index (χ1) is 18.1. The first-order valence-electron chi connectivity index (χ1n) is 13.2. The Morgan fingerprint density at radius 1 is 0.459 bits per heavy atom. The molecule has 0 amide bonds. The summed E-state index contributed by atoms with van der Waals surface area (Å²) >= 11 is 0. The van der Waals surface area contributed by atoms with Gasteiger partial charge in [0.05, 0.1) is 12.1 Å². The van der Waals surface area contributed by atoms with Crippen molar-refractivity contribution in [2.75, 3.05) is 26.2 Å². The molecule has 0 unspecified atom stereocenters. The number of fused-ring (bicyclic) bond motifs is 2. The molecule has 4 heteroatoms. The van der Waals surface area contributed by atoms with Crippen LogP contribution in [0.3, 0.4) is 0 Å². The Morgan fingerprint density at radius 3 is 0.946 bits per heavy atom. The van der Waals surface area contributed by atoms with Crippen molar-refractivity contribution >= 4 is 0 Å². The van der Waals surface area contributed by atoms with Crippen molar-refractivity contribution < 1.29 is 10.2 Å². The molecule has 2 bridgehead atoms. The summed E-state index contributed by atoms with van der Waals surface area (Å²) < 4.78 is 0. The molecule has 188 valence electrons. The quantitative estimate of drug-likeness (QED) is 0.369. The molecule has 4 aromatic carbocycles. The average Bonchev–Trinajstić information content (AvgIpc) is 2.92. The largest absolute Gasteiger partial charge is 0.365 e. The lowest BCUT2D eigenvalue weighted by atomic mass is 9.76. The number of rotatable bonds is 6. The van der Waals surface area contributed by atoms with Crippen LogP contribution in [-0.2, 0) is 0 Å². The van der Waals surface area contributed by atoms with E-state index >= 15 is 0 Å². The Labute approximate surface area is 219 Å². The molecule has 2 saturated heterocycles. The van der Waals surface area contributed by atoms with E-state index in [1.807, 2.05) is 24.3 Å². The van der Waals surface area contributed by atoms with Crippen molar-refractivity contribution in [2.24, 2.45) is 11.8 Å². The van der Waals surface area contributed by atoms with Crippen LogP contribution in [0.4, 0.5) is 0 Å². The summed E-state index contributed by atoms with van der Waals surface area (Å²) in [6.07, 6.45) is 0. The van der Waals surface area contributed by atoms with Gasteiger partial charge in [-0.1, -0.05) is 121 Å². The molecule has 2 fully saturated rings. The van der Waals surface area contributed by atoms with E-state index < -0.39 is 5.79 Å². The SMILES string of the molecule is OC1(O)C2CN(C(c3ccccc3)c3ccccc3)CC1CN(C(c1ccccc1)c1ccccc1)C2. The molecule has 4 aromatic rings. The molecule has 2 heterocycles. The second-order valence-electron chi connectivity index (χ2n) is 10.5. The fraction of sp³-hybridized carbons (Fsp3) is 0.273. The Morgan fingerprint density at radius 2 is 0.703 bits per heavy atom. The van der Waals surface area contributed by atoms with E-state index in [0.29, 0.717) is 26.2 Å². The minimum absolute atomic E-state index is 0.0779. The van der Waals surface area contributed by atoms with Crippen LogP contribution in [0, 0.1) is 11.8 Å². The standard InChI is InChI=1S/C33H34N2O2/c36-33(37)29-21-34(31(25-13-5-1-6-14-25)26-15-7-2-8-16-26)22-30(33)24-35(23-29)32(27-17-9-3-10-18-27)28-19-11-4-12-20-28/h1-20,29-32,36-37H,21-24H2. The fourth-order valence-electron chi connectivity index (χ4n) is 6.46. The maximum absolute atomic E-state index is 11.3. The summed E-state index contributed by atoms with van der Waals surface area (Å²) in [5.41, 5.74) is 4.94. The van der Waals surface area contributed by atoms with E-state index in [2.05, 4.69) is 107 Å². The van der Waals surface area contributed by atoms with Crippen LogP contribution in [0.5, 0.6) is 0 Å². The molecular weight excluding hydrogens is 456 g/mol. The Kier molecular flexibility index (Phi) is 6.66. The normalized spacial score (nSPS) is 21.8. The smallest absolute Gasteiger partial charge is 0.173 e. The second kappa shape index (κ2) is 10.2. The number of hydrogen-bond acceptors (Lipinski definition) is 4. The van der Waals surface area contributed by atoms with E-state index in [4.69, 9.17) is 0 Å². The molecule has 2 aliphatic rings. The summed E-state index contributed by atoms with van der Waals surface area (Å²) in [4.78, 5) is 4.92. The van der Waals surface area contributed by atoms with E-state index in [1.54, 1.807) is 0 Å². The van der Waals surface area contributed by atoms with Gasteiger partial charge in [-0.2, -0.15) is 0 Å². The zero-order valence-corrected chi connectivity index (χ0v) is 21.0. The lowest BCUT2D eigenvalue weighted by Crippen LogP contribution is -2.67. The monoisotopic (exact) mass is 490 g/mol. The van der Waals surface area contributed by atoms with Crippen molar-refractivity contribution in [1.82, 2.24) is 9.80 Å². The van der Waals surface area contributed by atoms with Crippen molar-refractivity contribution in [1.29, 1.82) is 0 Å². The molecule has 0 spiro atoms. The third-order valence-electron chi connectivity index (χ3n) is 8.21. The highest BCUT2D eigenvalue weighted by atomic mass is 16.5. The number of hydrogen-bond donors (Lipinski definition) is 2. The molecule has 0 aliphatic carbocycles. The van der Waals surface area contributed by atoms with Gasteiger partial charge in [-0.25, -0.2) is 0 Å².